The van der Waals surface area contributed by atoms with Gasteiger partial charge in [0.2, 0.25) is 0 Å². The second-order valence-corrected chi connectivity index (χ2v) is 2.46. The van der Waals surface area contributed by atoms with Crippen molar-refractivity contribution in [3.8, 4) is 0 Å². The topological polar surface area (TPSA) is 47.9 Å². The maximum absolute atomic E-state index is 8.34. The van der Waals surface area contributed by atoms with Gasteiger partial charge in [0.1, 0.15) is 18.3 Å². The van der Waals surface area contributed by atoms with Gasteiger partial charge in [0.05, 0.1) is 0 Å². The van der Waals surface area contributed by atoms with Gasteiger partial charge >= 0.3 is 0 Å². The molecule has 0 unspecified atom stereocenters. The first-order chi connectivity index (χ1) is 4.90. The van der Waals surface area contributed by atoms with Gasteiger partial charge in [0, 0.05) is 6.42 Å². The third kappa shape index (κ3) is 0.856. The molecule has 1 saturated heterocycles. The third-order valence-electron chi connectivity index (χ3n) is 1.77. The summed E-state index contributed by atoms with van der Waals surface area (Å²) in [4.78, 5) is 13.8. The zero-order valence-electron chi connectivity index (χ0n) is 5.27. The van der Waals surface area contributed by atoms with Crippen molar-refractivity contribution in [1.29, 1.82) is 0 Å². The second kappa shape index (κ2) is 2.32. The van der Waals surface area contributed by atoms with Crippen molar-refractivity contribution in [2.75, 3.05) is 0 Å². The van der Waals surface area contributed by atoms with Crippen LogP contribution in [0.4, 0.5) is 0 Å². The van der Waals surface area contributed by atoms with Crippen LogP contribution < -0.4 is 0 Å². The Labute approximate surface area is 57.9 Å². The predicted molar refractivity (Wildman–Crippen MR) is 31.0 cm³/mol. The maximum atomic E-state index is 8.34. The van der Waals surface area contributed by atoms with Crippen molar-refractivity contribution in [1.82, 2.24) is 0 Å². The van der Waals surface area contributed by atoms with Crippen LogP contribution in [0, 0.1) is 0 Å². The molecule has 2 heterocycles. The summed E-state index contributed by atoms with van der Waals surface area (Å²) in [5, 5.41) is 8.34. The highest BCUT2D eigenvalue weighted by Crippen LogP contribution is 2.26. The Bertz CT molecular complexity index is 156. The zero-order chi connectivity index (χ0) is 6.97. The van der Waals surface area contributed by atoms with E-state index >= 15 is 0 Å². The third-order valence-corrected chi connectivity index (χ3v) is 1.77. The zero-order valence-corrected chi connectivity index (χ0v) is 5.27. The molecule has 2 bridgehead atoms. The molecule has 0 aromatic rings. The Balaban J connectivity index is 2.11. The molecule has 0 aromatic heterocycles. The SMILES string of the molecule is OO[C@H]1C[C@H]2C=C[C@@H]1OO2. The monoisotopic (exact) mass is 144 g/mol. The first kappa shape index (κ1) is 6.30. The lowest BCUT2D eigenvalue weighted by molar-refractivity contribution is -0.415. The number of hydrogen-bond acceptors (Lipinski definition) is 4. The van der Waals surface area contributed by atoms with Crippen LogP contribution in [0.3, 0.4) is 0 Å². The van der Waals surface area contributed by atoms with Crippen LogP contribution in [0.25, 0.3) is 0 Å². The molecule has 3 rings (SSSR count). The standard InChI is InChI=1S/C6H8O4/c7-8-6-3-4-1-2-5(6)10-9-4/h1-2,4-7H,3H2/t4-,5+,6+/m1/s1. The Kier molecular flexibility index (Phi) is 1.46. The first-order valence-corrected chi connectivity index (χ1v) is 3.21. The largest absolute Gasteiger partial charge is 0.251 e. The molecule has 3 atom stereocenters. The van der Waals surface area contributed by atoms with Gasteiger partial charge in [-0.25, -0.2) is 14.7 Å². The summed E-state index contributed by atoms with van der Waals surface area (Å²) < 4.78 is 0. The molecule has 2 aliphatic heterocycles. The Morgan fingerprint density at radius 2 is 2.30 bits per heavy atom. The number of rotatable bonds is 1. The van der Waals surface area contributed by atoms with Gasteiger partial charge in [-0.05, 0) is 0 Å². The number of fused-ring (bicyclic) bond motifs is 2. The van der Waals surface area contributed by atoms with Gasteiger partial charge in [-0.1, -0.05) is 12.2 Å². The maximum Gasteiger partial charge on any atom is 0.141 e. The summed E-state index contributed by atoms with van der Waals surface area (Å²) in [6.07, 6.45) is 3.85. The van der Waals surface area contributed by atoms with Crippen molar-refractivity contribution in [3.05, 3.63) is 12.2 Å². The molecule has 0 aromatic carbocycles. The van der Waals surface area contributed by atoms with Gasteiger partial charge in [0.15, 0.2) is 0 Å². The van der Waals surface area contributed by atoms with Crippen LogP contribution in [0.15, 0.2) is 12.2 Å². The molecule has 1 fully saturated rings. The Morgan fingerprint density at radius 3 is 2.60 bits per heavy atom. The molecule has 56 valence electrons. The van der Waals surface area contributed by atoms with Crippen molar-refractivity contribution >= 4 is 0 Å². The molecular formula is C6H8O4. The molecule has 0 radical (unpaired) electrons. The van der Waals surface area contributed by atoms with Crippen molar-refractivity contribution < 1.29 is 19.9 Å². The molecule has 10 heavy (non-hydrogen) atoms. The molecule has 4 nitrogen and oxygen atoms in total. The van der Waals surface area contributed by atoms with E-state index in [1.807, 2.05) is 12.2 Å². The van der Waals surface area contributed by atoms with E-state index in [9.17, 15) is 0 Å². The highest BCUT2D eigenvalue weighted by molar-refractivity contribution is 5.06. The number of hydrogen-bond donors (Lipinski definition) is 1. The summed E-state index contributed by atoms with van der Waals surface area (Å²) in [6.45, 7) is 0. The summed E-state index contributed by atoms with van der Waals surface area (Å²) >= 11 is 0. The summed E-state index contributed by atoms with van der Waals surface area (Å²) in [5.74, 6) is 0. The summed E-state index contributed by atoms with van der Waals surface area (Å²) in [6, 6.07) is 0. The Hall–Kier alpha value is -0.420. The molecular weight excluding hydrogens is 136 g/mol. The lowest BCUT2D eigenvalue weighted by atomic mass is 9.99. The molecule has 1 aliphatic carbocycles. The van der Waals surface area contributed by atoms with Crippen molar-refractivity contribution in [2.45, 2.75) is 24.7 Å². The van der Waals surface area contributed by atoms with E-state index in [1.165, 1.54) is 0 Å². The van der Waals surface area contributed by atoms with E-state index in [0.29, 0.717) is 6.42 Å². The predicted octanol–water partition coefficient (Wildman–Crippen LogP) is 0.504. The highest BCUT2D eigenvalue weighted by Gasteiger charge is 2.35. The molecule has 0 saturated carbocycles. The van der Waals surface area contributed by atoms with Crippen LogP contribution in [0.1, 0.15) is 6.42 Å². The summed E-state index contributed by atoms with van der Waals surface area (Å²) in [5.41, 5.74) is 0. The van der Waals surface area contributed by atoms with E-state index in [-0.39, 0.29) is 18.3 Å². The molecule has 1 N–H and O–H groups in total. The van der Waals surface area contributed by atoms with Gasteiger partial charge in [-0.2, -0.15) is 0 Å². The average Bonchev–Trinajstić information content (AvgIpc) is 2.06. The molecule has 0 spiro atoms. The second-order valence-electron chi connectivity index (χ2n) is 2.46. The van der Waals surface area contributed by atoms with E-state index in [2.05, 4.69) is 4.89 Å². The molecule has 3 aliphatic rings. The van der Waals surface area contributed by atoms with E-state index < -0.39 is 0 Å². The minimum atomic E-state index is -0.260. The van der Waals surface area contributed by atoms with Crippen LogP contribution in [0.2, 0.25) is 0 Å². The van der Waals surface area contributed by atoms with E-state index in [4.69, 9.17) is 15.0 Å². The van der Waals surface area contributed by atoms with Gasteiger partial charge in [-0.3, -0.25) is 5.26 Å². The van der Waals surface area contributed by atoms with Crippen LogP contribution >= 0.6 is 0 Å². The molecule has 4 heteroatoms. The van der Waals surface area contributed by atoms with Crippen LogP contribution in [-0.2, 0) is 14.7 Å². The van der Waals surface area contributed by atoms with Crippen molar-refractivity contribution in [3.63, 3.8) is 0 Å². The Morgan fingerprint density at radius 1 is 1.40 bits per heavy atom. The van der Waals surface area contributed by atoms with E-state index in [1.54, 1.807) is 0 Å². The smallest absolute Gasteiger partial charge is 0.141 e. The van der Waals surface area contributed by atoms with Crippen LogP contribution in [-0.4, -0.2) is 23.6 Å². The van der Waals surface area contributed by atoms with E-state index in [0.717, 1.165) is 0 Å². The summed E-state index contributed by atoms with van der Waals surface area (Å²) in [7, 11) is 0. The van der Waals surface area contributed by atoms with Crippen LogP contribution in [0.5, 0.6) is 0 Å². The normalized spacial score (nSPS) is 44.3. The fraction of sp³-hybridized carbons (Fsp3) is 0.667. The van der Waals surface area contributed by atoms with Gasteiger partial charge in [-0.15, -0.1) is 0 Å². The van der Waals surface area contributed by atoms with Crippen molar-refractivity contribution in [2.24, 2.45) is 0 Å². The fourth-order valence-electron chi connectivity index (χ4n) is 1.20. The quantitative estimate of drug-likeness (QED) is 0.331. The average molecular weight is 144 g/mol. The van der Waals surface area contributed by atoms with Gasteiger partial charge < -0.3 is 0 Å². The lowest BCUT2D eigenvalue weighted by Gasteiger charge is -2.34. The minimum Gasteiger partial charge on any atom is -0.251 e. The minimum absolute atomic E-state index is 0.0536. The lowest BCUT2D eigenvalue weighted by Crippen LogP contribution is -2.42. The fourth-order valence-corrected chi connectivity index (χ4v) is 1.20. The highest BCUT2D eigenvalue weighted by atomic mass is 17.2. The first-order valence-electron chi connectivity index (χ1n) is 3.21. The molecule has 0 amide bonds. The van der Waals surface area contributed by atoms with Gasteiger partial charge in [0.25, 0.3) is 0 Å².